The Morgan fingerprint density at radius 1 is 1.35 bits per heavy atom. The zero-order valence-electron chi connectivity index (χ0n) is 8.57. The molecule has 0 amide bonds. The molecule has 2 nitrogen and oxygen atoms in total. The number of carboxylic acid groups (broad SMARTS) is 1. The molecule has 0 saturated heterocycles. The van der Waals surface area contributed by atoms with Crippen molar-refractivity contribution in [3.8, 4) is 0 Å². The van der Waals surface area contributed by atoms with Crippen LogP contribution in [0, 0.1) is 5.92 Å². The van der Waals surface area contributed by atoms with Crippen LogP contribution >= 0.6 is 11.8 Å². The van der Waals surface area contributed by atoms with E-state index in [0.717, 1.165) is 0 Å². The molecule has 0 saturated carbocycles. The predicted molar refractivity (Wildman–Crippen MR) is 57.0 cm³/mol. The van der Waals surface area contributed by atoms with Gasteiger partial charge in [0.2, 0.25) is 0 Å². The highest BCUT2D eigenvalue weighted by Crippen LogP contribution is 2.45. The van der Waals surface area contributed by atoms with Gasteiger partial charge in [0.25, 0.3) is 0 Å². The first-order valence-corrected chi connectivity index (χ1v) is 5.81. The van der Waals surface area contributed by atoms with E-state index < -0.39 is 23.3 Å². The number of aliphatic carboxylic acids is 1. The number of thioether (sulfide) groups is 1. The Morgan fingerprint density at radius 3 is 2.59 bits per heavy atom. The molecule has 0 radical (unpaired) electrons. The van der Waals surface area contributed by atoms with Crippen LogP contribution in [0.5, 0.6) is 0 Å². The molecule has 0 fully saturated rings. The van der Waals surface area contributed by atoms with E-state index in [4.69, 9.17) is 5.11 Å². The molecule has 2 unspecified atom stereocenters. The first-order valence-electron chi connectivity index (χ1n) is 4.93. The molecule has 1 aliphatic rings. The van der Waals surface area contributed by atoms with Crippen molar-refractivity contribution in [3.05, 3.63) is 29.8 Å². The Morgan fingerprint density at radius 2 is 2.00 bits per heavy atom. The molecule has 1 heterocycles. The second-order valence-corrected chi connectivity index (χ2v) is 5.02. The number of halogens is 3. The number of benzene rings is 1. The highest BCUT2D eigenvalue weighted by atomic mass is 32.2. The van der Waals surface area contributed by atoms with Gasteiger partial charge in [-0.3, -0.25) is 4.79 Å². The normalized spacial score (nSPS) is 24.2. The number of alkyl halides is 3. The molecule has 1 N–H and O–H groups in total. The minimum Gasteiger partial charge on any atom is -0.481 e. The van der Waals surface area contributed by atoms with Gasteiger partial charge in [0.05, 0.1) is 5.92 Å². The number of carboxylic acids is 1. The first kappa shape index (κ1) is 12.3. The smallest absolute Gasteiger partial charge is 0.401 e. The van der Waals surface area contributed by atoms with Crippen molar-refractivity contribution in [1.82, 2.24) is 0 Å². The van der Waals surface area contributed by atoms with E-state index >= 15 is 0 Å². The molecule has 0 bridgehead atoms. The summed E-state index contributed by atoms with van der Waals surface area (Å²) < 4.78 is 38.3. The molecule has 2 rings (SSSR count). The number of hydrogen-bond donors (Lipinski definition) is 1. The van der Waals surface area contributed by atoms with E-state index in [2.05, 4.69) is 0 Å². The van der Waals surface area contributed by atoms with Crippen molar-refractivity contribution in [1.29, 1.82) is 0 Å². The molecule has 17 heavy (non-hydrogen) atoms. The van der Waals surface area contributed by atoms with Crippen LogP contribution in [0.2, 0.25) is 0 Å². The van der Waals surface area contributed by atoms with Gasteiger partial charge in [-0.2, -0.15) is 13.2 Å². The molecular formula is C11H9F3O2S. The Kier molecular flexibility index (Phi) is 3.07. The fourth-order valence-electron chi connectivity index (χ4n) is 1.86. The summed E-state index contributed by atoms with van der Waals surface area (Å²) in [4.78, 5) is 11.4. The van der Waals surface area contributed by atoms with Gasteiger partial charge in [0, 0.05) is 4.90 Å². The number of carbonyl (C=O) groups is 1. The van der Waals surface area contributed by atoms with E-state index in [1.807, 2.05) is 0 Å². The lowest BCUT2D eigenvalue weighted by Gasteiger charge is -2.31. The molecule has 92 valence electrons. The zero-order valence-corrected chi connectivity index (χ0v) is 9.39. The molecule has 2 atom stereocenters. The third-order valence-corrected chi connectivity index (χ3v) is 4.17. The van der Waals surface area contributed by atoms with Gasteiger partial charge in [0.15, 0.2) is 0 Å². The van der Waals surface area contributed by atoms with Gasteiger partial charge in [-0.1, -0.05) is 18.2 Å². The van der Waals surface area contributed by atoms with Crippen LogP contribution in [-0.2, 0) is 11.2 Å². The Hall–Kier alpha value is -1.17. The third kappa shape index (κ3) is 2.41. The quantitative estimate of drug-likeness (QED) is 0.845. The molecule has 1 aliphatic heterocycles. The van der Waals surface area contributed by atoms with Gasteiger partial charge in [-0.25, -0.2) is 0 Å². The second-order valence-electron chi connectivity index (χ2n) is 3.84. The van der Waals surface area contributed by atoms with Crippen molar-refractivity contribution in [3.63, 3.8) is 0 Å². The Labute approximate surface area is 99.8 Å². The van der Waals surface area contributed by atoms with Crippen molar-refractivity contribution in [2.24, 2.45) is 5.92 Å². The summed E-state index contributed by atoms with van der Waals surface area (Å²) in [6.45, 7) is 0. The van der Waals surface area contributed by atoms with Gasteiger partial charge in [0.1, 0.15) is 5.25 Å². The SMILES string of the molecule is O=C(O)C1Cc2ccccc2SC1C(F)(F)F. The lowest BCUT2D eigenvalue weighted by Crippen LogP contribution is -2.40. The van der Waals surface area contributed by atoms with Crippen LogP contribution < -0.4 is 0 Å². The number of hydrogen-bond acceptors (Lipinski definition) is 2. The van der Waals surface area contributed by atoms with Crippen molar-refractivity contribution in [2.75, 3.05) is 0 Å². The fraction of sp³-hybridized carbons (Fsp3) is 0.364. The van der Waals surface area contributed by atoms with Crippen LogP contribution in [0.4, 0.5) is 13.2 Å². The van der Waals surface area contributed by atoms with Crippen LogP contribution in [0.1, 0.15) is 5.56 Å². The monoisotopic (exact) mass is 262 g/mol. The maximum Gasteiger partial charge on any atom is 0.401 e. The minimum absolute atomic E-state index is 0.0668. The molecular weight excluding hydrogens is 253 g/mol. The highest BCUT2D eigenvalue weighted by Gasteiger charge is 2.50. The molecule has 0 aromatic heterocycles. The van der Waals surface area contributed by atoms with E-state index in [1.54, 1.807) is 24.3 Å². The first-order chi connectivity index (χ1) is 7.89. The van der Waals surface area contributed by atoms with E-state index in [9.17, 15) is 18.0 Å². The minimum atomic E-state index is -4.50. The van der Waals surface area contributed by atoms with Crippen LogP contribution in [0.25, 0.3) is 0 Å². The standard InChI is InChI=1S/C11H9F3O2S/c12-11(13,14)9-7(10(15)16)5-6-3-1-2-4-8(6)17-9/h1-4,7,9H,5H2,(H,15,16). The van der Waals surface area contributed by atoms with Crippen LogP contribution in [-0.4, -0.2) is 22.5 Å². The number of fused-ring (bicyclic) bond motifs is 1. The summed E-state index contributed by atoms with van der Waals surface area (Å²) in [5.41, 5.74) is 0.672. The fourth-order valence-corrected chi connectivity index (χ4v) is 3.11. The second kappa shape index (κ2) is 4.25. The summed E-state index contributed by atoms with van der Waals surface area (Å²) >= 11 is 0.595. The largest absolute Gasteiger partial charge is 0.481 e. The van der Waals surface area contributed by atoms with E-state index in [-0.39, 0.29) is 6.42 Å². The summed E-state index contributed by atoms with van der Waals surface area (Å²) in [6, 6.07) is 6.62. The Balaban J connectivity index is 2.38. The molecule has 1 aromatic carbocycles. The average Bonchev–Trinajstić information content (AvgIpc) is 2.26. The molecule has 1 aromatic rings. The summed E-state index contributed by atoms with van der Waals surface area (Å²) in [5.74, 6) is -2.80. The maximum absolute atomic E-state index is 12.8. The van der Waals surface area contributed by atoms with Crippen molar-refractivity contribution < 1.29 is 23.1 Å². The predicted octanol–water partition coefficient (Wildman–Crippen LogP) is 2.97. The Bertz CT molecular complexity index is 445. The molecule has 6 heteroatoms. The lowest BCUT2D eigenvalue weighted by atomic mass is 9.95. The third-order valence-electron chi connectivity index (χ3n) is 2.67. The van der Waals surface area contributed by atoms with Crippen LogP contribution in [0.15, 0.2) is 29.2 Å². The summed E-state index contributed by atoms with van der Waals surface area (Å²) in [6.07, 6.45) is -4.57. The van der Waals surface area contributed by atoms with Crippen LogP contribution in [0.3, 0.4) is 0 Å². The zero-order chi connectivity index (χ0) is 12.6. The van der Waals surface area contributed by atoms with E-state index in [0.29, 0.717) is 22.2 Å². The lowest BCUT2D eigenvalue weighted by molar-refractivity contribution is -0.160. The maximum atomic E-state index is 12.8. The molecule has 0 spiro atoms. The van der Waals surface area contributed by atoms with Gasteiger partial charge in [-0.05, 0) is 18.1 Å². The van der Waals surface area contributed by atoms with Crippen molar-refractivity contribution in [2.45, 2.75) is 22.7 Å². The summed E-state index contributed by atoms with van der Waals surface area (Å²) in [7, 11) is 0. The molecule has 0 aliphatic carbocycles. The van der Waals surface area contributed by atoms with Gasteiger partial charge in [-0.15, -0.1) is 11.8 Å². The highest BCUT2D eigenvalue weighted by molar-refractivity contribution is 8.00. The van der Waals surface area contributed by atoms with Crippen molar-refractivity contribution >= 4 is 17.7 Å². The summed E-state index contributed by atoms with van der Waals surface area (Å²) in [5, 5.41) is 7.02. The van der Waals surface area contributed by atoms with E-state index in [1.165, 1.54) is 0 Å². The van der Waals surface area contributed by atoms with Gasteiger partial charge < -0.3 is 5.11 Å². The number of rotatable bonds is 1. The topological polar surface area (TPSA) is 37.3 Å². The van der Waals surface area contributed by atoms with Gasteiger partial charge >= 0.3 is 12.1 Å². The average molecular weight is 262 g/mol.